The van der Waals surface area contributed by atoms with E-state index in [1.165, 1.54) is 11.5 Å². The van der Waals surface area contributed by atoms with Crippen molar-refractivity contribution in [1.82, 2.24) is 14.7 Å². The molecular weight excluding hydrogens is 190 g/mol. The average Bonchev–Trinajstić information content (AvgIpc) is 2.57. The third-order valence-corrected chi connectivity index (χ3v) is 2.87. The fourth-order valence-corrected chi connectivity index (χ4v) is 2.01. The van der Waals surface area contributed by atoms with Crippen molar-refractivity contribution >= 4 is 23.3 Å². The molecule has 1 aromatic heterocycles. The van der Waals surface area contributed by atoms with Gasteiger partial charge in [-0.2, -0.15) is 4.37 Å². The van der Waals surface area contributed by atoms with Crippen molar-refractivity contribution in [1.29, 1.82) is 0 Å². The molecule has 0 radical (unpaired) electrons. The molecule has 0 saturated heterocycles. The largest absolute Gasteiger partial charge is 0.305 e. The van der Waals surface area contributed by atoms with E-state index < -0.39 is 0 Å². The second-order valence-corrected chi connectivity index (χ2v) is 4.06. The van der Waals surface area contributed by atoms with Gasteiger partial charge in [0.15, 0.2) is 4.34 Å². The summed E-state index contributed by atoms with van der Waals surface area (Å²) in [6, 6.07) is 0. The lowest BCUT2D eigenvalue weighted by molar-refractivity contribution is 0.818. The van der Waals surface area contributed by atoms with Crippen molar-refractivity contribution in [2.24, 2.45) is 0 Å². The van der Waals surface area contributed by atoms with Crippen molar-refractivity contribution in [3.8, 4) is 12.3 Å². The number of rotatable bonds is 5. The van der Waals surface area contributed by atoms with E-state index in [-0.39, 0.29) is 0 Å². The number of aromatic nitrogens is 2. The Labute approximate surface area is 80.1 Å². The van der Waals surface area contributed by atoms with Crippen LogP contribution in [0.2, 0.25) is 0 Å². The molecule has 0 aliphatic rings. The van der Waals surface area contributed by atoms with Crippen molar-refractivity contribution in [3.05, 3.63) is 6.33 Å². The minimum absolute atomic E-state index is 0.636. The third-order valence-electron chi connectivity index (χ3n) is 1.07. The molecule has 1 aromatic rings. The van der Waals surface area contributed by atoms with Crippen molar-refractivity contribution in [2.75, 3.05) is 18.8 Å². The summed E-state index contributed by atoms with van der Waals surface area (Å²) in [6.45, 7) is 1.55. The molecule has 0 amide bonds. The first kappa shape index (κ1) is 9.52. The van der Waals surface area contributed by atoms with Crippen LogP contribution in [-0.2, 0) is 0 Å². The first-order valence-corrected chi connectivity index (χ1v) is 5.23. The zero-order chi connectivity index (χ0) is 8.65. The van der Waals surface area contributed by atoms with E-state index in [0.717, 1.165) is 16.6 Å². The topological polar surface area (TPSA) is 37.8 Å². The molecule has 64 valence electrons. The summed E-state index contributed by atoms with van der Waals surface area (Å²) in [6.07, 6.45) is 6.64. The van der Waals surface area contributed by atoms with Crippen LogP contribution in [0.15, 0.2) is 10.7 Å². The van der Waals surface area contributed by atoms with Gasteiger partial charge in [0.05, 0.1) is 6.54 Å². The Bertz CT molecular complexity index is 240. The highest BCUT2D eigenvalue weighted by atomic mass is 32.2. The van der Waals surface area contributed by atoms with Gasteiger partial charge in [0.25, 0.3) is 0 Å². The number of terminal acetylenes is 1. The Morgan fingerprint density at radius 2 is 2.67 bits per heavy atom. The normalized spacial score (nSPS) is 9.58. The summed E-state index contributed by atoms with van der Waals surface area (Å²) in [5.41, 5.74) is 0. The molecule has 0 aromatic carbocycles. The van der Waals surface area contributed by atoms with Crippen LogP contribution in [-0.4, -0.2) is 28.2 Å². The van der Waals surface area contributed by atoms with Gasteiger partial charge in [-0.3, -0.25) is 0 Å². The maximum atomic E-state index is 5.07. The van der Waals surface area contributed by atoms with Gasteiger partial charge in [-0.15, -0.1) is 6.42 Å². The molecule has 0 aliphatic carbocycles. The van der Waals surface area contributed by atoms with E-state index in [1.54, 1.807) is 18.1 Å². The molecule has 3 nitrogen and oxygen atoms in total. The zero-order valence-corrected chi connectivity index (χ0v) is 8.12. The Hall–Kier alpha value is -0.570. The van der Waals surface area contributed by atoms with Crippen LogP contribution in [0.3, 0.4) is 0 Å². The molecule has 1 heterocycles. The van der Waals surface area contributed by atoms with Gasteiger partial charge in [0.1, 0.15) is 6.33 Å². The number of nitrogens with one attached hydrogen (secondary N) is 1. The van der Waals surface area contributed by atoms with Gasteiger partial charge in [-0.05, 0) is 11.5 Å². The van der Waals surface area contributed by atoms with Gasteiger partial charge in [0.2, 0.25) is 0 Å². The van der Waals surface area contributed by atoms with E-state index in [1.807, 2.05) is 0 Å². The van der Waals surface area contributed by atoms with Crippen LogP contribution in [0, 0.1) is 12.3 Å². The van der Waals surface area contributed by atoms with Crippen LogP contribution >= 0.6 is 23.3 Å². The summed E-state index contributed by atoms with van der Waals surface area (Å²) in [5, 5.41) is 3.10. The molecule has 1 N–H and O–H groups in total. The second kappa shape index (κ2) is 6.00. The fourth-order valence-electron chi connectivity index (χ4n) is 0.598. The van der Waals surface area contributed by atoms with Gasteiger partial charge >= 0.3 is 0 Å². The van der Waals surface area contributed by atoms with E-state index in [9.17, 15) is 0 Å². The summed E-state index contributed by atoms with van der Waals surface area (Å²) in [7, 11) is 0. The third kappa shape index (κ3) is 3.72. The SMILES string of the molecule is C#CCNCCSc1ncns1. The van der Waals surface area contributed by atoms with Crippen molar-refractivity contribution in [3.63, 3.8) is 0 Å². The van der Waals surface area contributed by atoms with Gasteiger partial charge in [-0.25, -0.2) is 4.98 Å². The number of nitrogens with zero attached hydrogens (tertiary/aromatic N) is 2. The van der Waals surface area contributed by atoms with Crippen LogP contribution in [0.5, 0.6) is 0 Å². The predicted octanol–water partition coefficient (Wildman–Crippen LogP) is 0.853. The Morgan fingerprint density at radius 1 is 1.75 bits per heavy atom. The maximum absolute atomic E-state index is 5.07. The smallest absolute Gasteiger partial charge is 0.169 e. The molecule has 1 rings (SSSR count). The zero-order valence-electron chi connectivity index (χ0n) is 6.49. The van der Waals surface area contributed by atoms with E-state index in [4.69, 9.17) is 6.42 Å². The van der Waals surface area contributed by atoms with Crippen LogP contribution < -0.4 is 5.32 Å². The molecule has 0 unspecified atom stereocenters. The Morgan fingerprint density at radius 3 is 3.33 bits per heavy atom. The van der Waals surface area contributed by atoms with E-state index in [2.05, 4.69) is 20.6 Å². The molecule has 0 aliphatic heterocycles. The van der Waals surface area contributed by atoms with Crippen LogP contribution in [0.25, 0.3) is 0 Å². The maximum Gasteiger partial charge on any atom is 0.169 e. The number of hydrogen-bond donors (Lipinski definition) is 1. The molecule has 0 spiro atoms. The van der Waals surface area contributed by atoms with Gasteiger partial charge in [-0.1, -0.05) is 17.7 Å². The Balaban J connectivity index is 2.01. The highest BCUT2D eigenvalue weighted by molar-refractivity contribution is 8.00. The Kier molecular flexibility index (Phi) is 4.76. The lowest BCUT2D eigenvalue weighted by Crippen LogP contribution is -2.16. The van der Waals surface area contributed by atoms with Crippen LogP contribution in [0.1, 0.15) is 0 Å². The standard InChI is InChI=1S/C7H9N3S2/c1-2-3-8-4-5-11-7-9-6-10-12-7/h1,6,8H,3-5H2. The number of hydrogen-bond acceptors (Lipinski definition) is 5. The minimum Gasteiger partial charge on any atom is -0.305 e. The quantitative estimate of drug-likeness (QED) is 0.433. The molecule has 0 saturated carbocycles. The highest BCUT2D eigenvalue weighted by Gasteiger charge is 1.95. The fraction of sp³-hybridized carbons (Fsp3) is 0.429. The first-order chi connectivity index (χ1) is 5.93. The van der Waals surface area contributed by atoms with Crippen molar-refractivity contribution in [2.45, 2.75) is 4.34 Å². The molecule has 5 heteroatoms. The predicted molar refractivity (Wildman–Crippen MR) is 52.3 cm³/mol. The summed E-state index contributed by atoms with van der Waals surface area (Å²) < 4.78 is 4.91. The summed E-state index contributed by atoms with van der Waals surface area (Å²) in [4.78, 5) is 4.04. The van der Waals surface area contributed by atoms with Gasteiger partial charge in [0, 0.05) is 12.3 Å². The molecule has 0 bridgehead atoms. The summed E-state index contributed by atoms with van der Waals surface area (Å²) >= 11 is 3.11. The van der Waals surface area contributed by atoms with Crippen molar-refractivity contribution < 1.29 is 0 Å². The lowest BCUT2D eigenvalue weighted by atomic mass is 10.6. The average molecular weight is 199 g/mol. The highest BCUT2D eigenvalue weighted by Crippen LogP contribution is 2.16. The number of thioether (sulfide) groups is 1. The molecule has 0 atom stereocenters. The van der Waals surface area contributed by atoms with E-state index >= 15 is 0 Å². The van der Waals surface area contributed by atoms with Gasteiger partial charge < -0.3 is 5.32 Å². The first-order valence-electron chi connectivity index (χ1n) is 3.47. The molecule has 12 heavy (non-hydrogen) atoms. The lowest BCUT2D eigenvalue weighted by Gasteiger charge is -1.96. The monoisotopic (exact) mass is 199 g/mol. The molecule has 0 fully saturated rings. The summed E-state index contributed by atoms with van der Waals surface area (Å²) in [5.74, 6) is 3.50. The van der Waals surface area contributed by atoms with E-state index in [0.29, 0.717) is 6.54 Å². The second-order valence-electron chi connectivity index (χ2n) is 1.94. The van der Waals surface area contributed by atoms with Crippen LogP contribution in [0.4, 0.5) is 0 Å². The minimum atomic E-state index is 0.636. The molecular formula is C7H9N3S2.